The summed E-state index contributed by atoms with van der Waals surface area (Å²) < 4.78 is 4.85. The minimum Gasteiger partial charge on any atom is -0.451 e. The van der Waals surface area contributed by atoms with Crippen molar-refractivity contribution >= 4 is 17.4 Å². The van der Waals surface area contributed by atoms with Gasteiger partial charge in [-0.25, -0.2) is 15.0 Å². The molecule has 0 bridgehead atoms. The zero-order chi connectivity index (χ0) is 10.7. The van der Waals surface area contributed by atoms with Gasteiger partial charge in [-0.05, 0) is 6.92 Å². The zero-order valence-corrected chi connectivity index (χ0v) is 8.82. The monoisotopic (exact) mass is 224 g/mol. The third kappa shape index (κ3) is 2.24. The summed E-state index contributed by atoms with van der Waals surface area (Å²) >= 11 is 5.85. The molecule has 0 atom stereocenters. The minimum absolute atomic E-state index is 0.452. The van der Waals surface area contributed by atoms with Crippen LogP contribution in [0.15, 0.2) is 23.4 Å². The highest BCUT2D eigenvalue weighted by Gasteiger charge is 2.04. The van der Waals surface area contributed by atoms with Crippen molar-refractivity contribution in [1.29, 1.82) is 0 Å². The van der Waals surface area contributed by atoms with Gasteiger partial charge in [0.2, 0.25) is 0 Å². The summed E-state index contributed by atoms with van der Waals surface area (Å²) in [4.78, 5) is 11.9. The van der Waals surface area contributed by atoms with E-state index in [9.17, 15) is 0 Å². The lowest BCUT2D eigenvalue weighted by molar-refractivity contribution is 0.556. The van der Waals surface area contributed by atoms with Crippen LogP contribution in [0.3, 0.4) is 0 Å². The van der Waals surface area contributed by atoms with E-state index in [1.165, 1.54) is 12.7 Å². The molecule has 0 radical (unpaired) electrons. The zero-order valence-electron chi connectivity index (χ0n) is 8.07. The molecule has 5 nitrogen and oxygen atoms in total. The summed E-state index contributed by atoms with van der Waals surface area (Å²) in [5.41, 5.74) is 1.63. The van der Waals surface area contributed by atoms with Crippen LogP contribution in [-0.4, -0.2) is 15.0 Å². The second-order valence-electron chi connectivity index (χ2n) is 2.97. The molecule has 0 saturated carbocycles. The highest BCUT2D eigenvalue weighted by molar-refractivity contribution is 6.30. The average Bonchev–Trinajstić information content (AvgIpc) is 2.73. The molecule has 6 heteroatoms. The van der Waals surface area contributed by atoms with Crippen LogP contribution in [-0.2, 0) is 6.54 Å². The van der Waals surface area contributed by atoms with Crippen LogP contribution in [0.25, 0.3) is 0 Å². The van der Waals surface area contributed by atoms with E-state index in [-0.39, 0.29) is 0 Å². The van der Waals surface area contributed by atoms with Crippen molar-refractivity contribution < 1.29 is 4.42 Å². The fraction of sp³-hybridized carbons (Fsp3) is 0.222. The first-order chi connectivity index (χ1) is 7.27. The normalized spacial score (nSPS) is 10.3. The van der Waals surface area contributed by atoms with E-state index in [1.54, 1.807) is 6.26 Å². The fourth-order valence-corrected chi connectivity index (χ4v) is 1.24. The minimum atomic E-state index is 0.452. The maximum atomic E-state index is 5.85. The molecular formula is C9H9ClN4O. The number of oxazole rings is 1. The van der Waals surface area contributed by atoms with Crippen LogP contribution in [0.1, 0.15) is 11.3 Å². The molecule has 2 aromatic rings. The average molecular weight is 225 g/mol. The Hall–Kier alpha value is -1.62. The highest BCUT2D eigenvalue weighted by Crippen LogP contribution is 2.18. The van der Waals surface area contributed by atoms with Crippen LogP contribution >= 0.6 is 11.6 Å². The molecule has 78 valence electrons. The lowest BCUT2D eigenvalue weighted by Crippen LogP contribution is -2.04. The second kappa shape index (κ2) is 4.27. The maximum absolute atomic E-state index is 5.85. The smallest absolute Gasteiger partial charge is 0.180 e. The molecule has 0 aliphatic rings. The van der Waals surface area contributed by atoms with E-state index >= 15 is 0 Å². The first-order valence-corrected chi connectivity index (χ1v) is 4.73. The quantitative estimate of drug-likeness (QED) is 0.809. The molecule has 2 rings (SSSR count). The first-order valence-electron chi connectivity index (χ1n) is 4.35. The Labute approximate surface area is 91.5 Å². The number of nitrogens with zero attached hydrogens (tertiary/aromatic N) is 3. The molecule has 0 unspecified atom stereocenters. The molecule has 1 N–H and O–H groups in total. The van der Waals surface area contributed by atoms with Gasteiger partial charge in [-0.15, -0.1) is 0 Å². The molecule has 2 aromatic heterocycles. The third-order valence-electron chi connectivity index (χ3n) is 1.94. The molecule has 2 heterocycles. The van der Waals surface area contributed by atoms with Crippen LogP contribution in [0.4, 0.5) is 5.82 Å². The Morgan fingerprint density at radius 1 is 1.40 bits per heavy atom. The van der Waals surface area contributed by atoms with Gasteiger partial charge in [0.25, 0.3) is 0 Å². The van der Waals surface area contributed by atoms with Crippen molar-refractivity contribution in [2.75, 3.05) is 5.32 Å². The standard InChI is InChI=1S/C9H9ClN4O/c1-6-8(10)12-4-13-9(6)11-2-7-3-15-5-14-7/h3-5H,2H2,1H3,(H,11,12,13). The molecular weight excluding hydrogens is 216 g/mol. The number of halogens is 1. The second-order valence-corrected chi connectivity index (χ2v) is 3.33. The Morgan fingerprint density at radius 2 is 2.27 bits per heavy atom. The Balaban J connectivity index is 2.08. The van der Waals surface area contributed by atoms with Crippen LogP contribution in [0, 0.1) is 6.92 Å². The lowest BCUT2D eigenvalue weighted by atomic mass is 10.3. The third-order valence-corrected chi connectivity index (χ3v) is 2.32. The van der Waals surface area contributed by atoms with E-state index in [2.05, 4.69) is 20.3 Å². The summed E-state index contributed by atoms with van der Waals surface area (Å²) in [6, 6.07) is 0. The number of anilines is 1. The van der Waals surface area contributed by atoms with Gasteiger partial charge >= 0.3 is 0 Å². The van der Waals surface area contributed by atoms with Crippen molar-refractivity contribution in [1.82, 2.24) is 15.0 Å². The first kappa shape index (κ1) is 9.92. The van der Waals surface area contributed by atoms with Crippen LogP contribution in [0.2, 0.25) is 5.15 Å². The van der Waals surface area contributed by atoms with E-state index in [0.717, 1.165) is 11.3 Å². The number of aromatic nitrogens is 3. The van der Waals surface area contributed by atoms with Crippen LogP contribution in [0.5, 0.6) is 0 Å². The fourth-order valence-electron chi connectivity index (χ4n) is 1.11. The van der Waals surface area contributed by atoms with Gasteiger partial charge in [0.1, 0.15) is 23.6 Å². The lowest BCUT2D eigenvalue weighted by Gasteiger charge is -2.06. The number of hydrogen-bond donors (Lipinski definition) is 1. The summed E-state index contributed by atoms with van der Waals surface area (Å²) in [5.74, 6) is 0.706. The Bertz CT molecular complexity index is 443. The largest absolute Gasteiger partial charge is 0.451 e. The molecule has 0 aromatic carbocycles. The predicted octanol–water partition coefficient (Wildman–Crippen LogP) is 2.04. The molecule has 0 aliphatic carbocycles. The van der Waals surface area contributed by atoms with Gasteiger partial charge in [0.05, 0.1) is 12.2 Å². The van der Waals surface area contributed by atoms with Gasteiger partial charge in [-0.3, -0.25) is 0 Å². The summed E-state index contributed by atoms with van der Waals surface area (Å²) in [6.45, 7) is 2.40. The maximum Gasteiger partial charge on any atom is 0.180 e. The van der Waals surface area contributed by atoms with E-state index in [4.69, 9.17) is 16.0 Å². The van der Waals surface area contributed by atoms with E-state index in [1.807, 2.05) is 6.92 Å². The van der Waals surface area contributed by atoms with E-state index < -0.39 is 0 Å². The van der Waals surface area contributed by atoms with Gasteiger partial charge in [0.15, 0.2) is 6.39 Å². The summed E-state index contributed by atoms with van der Waals surface area (Å²) in [5, 5.41) is 3.55. The summed E-state index contributed by atoms with van der Waals surface area (Å²) in [6.07, 6.45) is 4.38. The van der Waals surface area contributed by atoms with Gasteiger partial charge in [0, 0.05) is 5.56 Å². The molecule has 0 amide bonds. The van der Waals surface area contributed by atoms with Crippen molar-refractivity contribution in [3.63, 3.8) is 0 Å². The Kier molecular flexibility index (Phi) is 2.82. The molecule has 0 aliphatic heterocycles. The summed E-state index contributed by atoms with van der Waals surface area (Å²) in [7, 11) is 0. The number of nitrogens with one attached hydrogen (secondary N) is 1. The predicted molar refractivity (Wildman–Crippen MR) is 55.6 cm³/mol. The van der Waals surface area contributed by atoms with Crippen molar-refractivity contribution in [3.8, 4) is 0 Å². The van der Waals surface area contributed by atoms with Gasteiger partial charge < -0.3 is 9.73 Å². The molecule has 15 heavy (non-hydrogen) atoms. The van der Waals surface area contributed by atoms with Crippen LogP contribution < -0.4 is 5.32 Å². The van der Waals surface area contributed by atoms with Crippen molar-refractivity contribution in [3.05, 3.63) is 35.4 Å². The molecule has 0 spiro atoms. The SMILES string of the molecule is Cc1c(Cl)ncnc1NCc1cocn1. The highest BCUT2D eigenvalue weighted by atomic mass is 35.5. The van der Waals surface area contributed by atoms with Crippen molar-refractivity contribution in [2.24, 2.45) is 0 Å². The topological polar surface area (TPSA) is 63.8 Å². The number of rotatable bonds is 3. The molecule has 0 fully saturated rings. The number of hydrogen-bond acceptors (Lipinski definition) is 5. The van der Waals surface area contributed by atoms with Gasteiger partial charge in [-0.2, -0.15) is 0 Å². The molecule has 0 saturated heterocycles. The van der Waals surface area contributed by atoms with Crippen molar-refractivity contribution in [2.45, 2.75) is 13.5 Å². The van der Waals surface area contributed by atoms with Gasteiger partial charge in [-0.1, -0.05) is 11.6 Å². The van der Waals surface area contributed by atoms with E-state index in [0.29, 0.717) is 17.5 Å². The Morgan fingerprint density at radius 3 is 3.00 bits per heavy atom.